The van der Waals surface area contributed by atoms with Gasteiger partial charge in [-0.1, -0.05) is 0 Å². The fourth-order valence-electron chi connectivity index (χ4n) is 2.21. The van der Waals surface area contributed by atoms with Crippen LogP contribution in [0.15, 0.2) is 17.1 Å². The molecule has 5 nitrogen and oxygen atoms in total. The Morgan fingerprint density at radius 3 is 2.09 bits per heavy atom. The van der Waals surface area contributed by atoms with E-state index in [0.29, 0.717) is 6.20 Å². The molecule has 0 aliphatic rings. The van der Waals surface area contributed by atoms with Gasteiger partial charge in [0, 0.05) is 12.7 Å². The molecule has 0 saturated carbocycles. The molecule has 2 N–H and O–H groups in total. The fraction of sp³-hybridized carbons (Fsp3) is 0.455. The topological polar surface area (TPSA) is 65.8 Å². The minimum atomic E-state index is -6.35. The molecule has 2 heterocycles. The minimum Gasteiger partial charge on any atom is -0.335 e. The van der Waals surface area contributed by atoms with E-state index < -0.39 is 34.9 Å². The quantitative estimate of drug-likeness (QED) is 0.670. The second-order valence-electron chi connectivity index (χ2n) is 4.58. The molecule has 0 unspecified atom stereocenters. The lowest BCUT2D eigenvalue weighted by molar-refractivity contribution is -0.349. The summed E-state index contributed by atoms with van der Waals surface area (Å²) in [5, 5.41) is 0. The number of aromatic nitrogens is 3. The van der Waals surface area contributed by atoms with Gasteiger partial charge in [0.25, 0.3) is 0 Å². The van der Waals surface area contributed by atoms with E-state index in [1.165, 1.54) is 6.92 Å². The van der Waals surface area contributed by atoms with Crippen molar-refractivity contribution in [1.29, 1.82) is 0 Å². The number of pyridine rings is 1. The first-order chi connectivity index (χ1) is 10.4. The second kappa shape index (κ2) is 4.86. The Balaban J connectivity index is 3.01. The molecule has 0 saturated heterocycles. The van der Waals surface area contributed by atoms with Crippen LogP contribution in [0.2, 0.25) is 0 Å². The van der Waals surface area contributed by atoms with Crippen LogP contribution in [-0.4, -0.2) is 26.6 Å². The van der Waals surface area contributed by atoms with Gasteiger partial charge < -0.3 is 5.84 Å². The zero-order valence-corrected chi connectivity index (χ0v) is 11.3. The predicted octanol–water partition coefficient (Wildman–Crippen LogP) is 2.22. The summed E-state index contributed by atoms with van der Waals surface area (Å²) in [4.78, 5) is 14.7. The summed E-state index contributed by atoms with van der Waals surface area (Å²) in [5.41, 5.74) is -10.4. The van der Waals surface area contributed by atoms with Crippen LogP contribution in [0.5, 0.6) is 0 Å². The van der Waals surface area contributed by atoms with Gasteiger partial charge in [-0.05, 0) is 13.0 Å². The van der Waals surface area contributed by atoms with Gasteiger partial charge in [-0.3, -0.25) is 9.55 Å². The summed E-state index contributed by atoms with van der Waals surface area (Å²) in [6, 6.07) is 0.972. The molecule has 0 atom stereocenters. The molecule has 0 amide bonds. The summed E-state index contributed by atoms with van der Waals surface area (Å²) in [5.74, 6) is 5.24. The first-order valence-electron chi connectivity index (χ1n) is 6.06. The molecule has 0 aromatic carbocycles. The van der Waals surface area contributed by atoms with Gasteiger partial charge in [-0.25, -0.2) is 13.9 Å². The first-order valence-corrected chi connectivity index (χ1v) is 6.06. The van der Waals surface area contributed by atoms with E-state index in [1.807, 2.05) is 0 Å². The van der Waals surface area contributed by atoms with E-state index >= 15 is 0 Å². The largest absolute Gasteiger partial charge is 0.437 e. The van der Waals surface area contributed by atoms with Gasteiger partial charge in [0.15, 0.2) is 0 Å². The number of hydrogen-bond donors (Lipinski definition) is 1. The smallest absolute Gasteiger partial charge is 0.335 e. The number of hydrogen-bond acceptors (Lipinski definition) is 3. The van der Waals surface area contributed by atoms with Crippen molar-refractivity contribution >= 4 is 11.0 Å². The molecule has 12 heteroatoms. The van der Waals surface area contributed by atoms with Crippen molar-refractivity contribution < 1.29 is 30.7 Å². The Labute approximate surface area is 123 Å². The molecule has 23 heavy (non-hydrogen) atoms. The third-order valence-electron chi connectivity index (χ3n) is 3.30. The molecule has 0 spiro atoms. The number of nitrogens with zero attached hydrogens (tertiary/aromatic N) is 3. The number of nitrogens with two attached hydrogens (primary N) is 1. The van der Waals surface area contributed by atoms with Crippen molar-refractivity contribution in [3.63, 3.8) is 0 Å². The molecule has 0 aliphatic carbocycles. The number of alkyl halides is 7. The van der Waals surface area contributed by atoms with Gasteiger partial charge in [0.1, 0.15) is 11.2 Å². The minimum absolute atomic E-state index is 0.0208. The highest BCUT2D eigenvalue weighted by atomic mass is 19.4. The number of aryl methyl sites for hydroxylation is 1. The number of imidazole rings is 1. The number of fused-ring (bicyclic) bond motifs is 1. The van der Waals surface area contributed by atoms with Crippen LogP contribution in [0.4, 0.5) is 30.7 Å². The van der Waals surface area contributed by atoms with E-state index in [9.17, 15) is 35.5 Å². The zero-order chi connectivity index (χ0) is 17.8. The zero-order valence-electron chi connectivity index (χ0n) is 11.3. The van der Waals surface area contributed by atoms with Crippen LogP contribution in [-0.2, 0) is 12.2 Å². The van der Waals surface area contributed by atoms with Gasteiger partial charge >= 0.3 is 23.7 Å². The SMILES string of the molecule is CCn1c(=O)n(N)c2c(C(F)(C(F)(F)F)C(F)(F)F)nccc21. The molecule has 0 radical (unpaired) electrons. The molecule has 0 bridgehead atoms. The van der Waals surface area contributed by atoms with Crippen molar-refractivity contribution in [2.24, 2.45) is 0 Å². The second-order valence-corrected chi connectivity index (χ2v) is 4.58. The lowest BCUT2D eigenvalue weighted by Gasteiger charge is -2.29. The van der Waals surface area contributed by atoms with Crippen molar-refractivity contribution in [2.75, 3.05) is 5.84 Å². The van der Waals surface area contributed by atoms with E-state index in [1.54, 1.807) is 0 Å². The average molecular weight is 346 g/mol. The Hall–Kier alpha value is -2.27. The van der Waals surface area contributed by atoms with Crippen molar-refractivity contribution in [3.8, 4) is 0 Å². The number of nitrogen functional groups attached to an aromatic ring is 1. The fourth-order valence-corrected chi connectivity index (χ4v) is 2.21. The third-order valence-corrected chi connectivity index (χ3v) is 3.30. The lowest BCUT2D eigenvalue weighted by Crippen LogP contribution is -2.51. The van der Waals surface area contributed by atoms with Crippen LogP contribution < -0.4 is 11.5 Å². The summed E-state index contributed by atoms with van der Waals surface area (Å²) in [6.07, 6.45) is -12.1. The predicted molar refractivity (Wildman–Crippen MR) is 64.7 cm³/mol. The highest BCUT2D eigenvalue weighted by Crippen LogP contribution is 2.53. The molecule has 0 fully saturated rings. The Morgan fingerprint density at radius 1 is 1.13 bits per heavy atom. The van der Waals surface area contributed by atoms with E-state index in [-0.39, 0.29) is 16.7 Å². The first kappa shape index (κ1) is 17.1. The molecular weight excluding hydrogens is 337 g/mol. The number of halogens is 7. The third kappa shape index (κ3) is 2.15. The van der Waals surface area contributed by atoms with Crippen LogP contribution in [0, 0.1) is 0 Å². The Morgan fingerprint density at radius 2 is 1.65 bits per heavy atom. The van der Waals surface area contributed by atoms with E-state index in [2.05, 4.69) is 4.98 Å². The van der Waals surface area contributed by atoms with E-state index in [4.69, 9.17) is 5.84 Å². The van der Waals surface area contributed by atoms with E-state index in [0.717, 1.165) is 10.6 Å². The van der Waals surface area contributed by atoms with Gasteiger partial charge in [-0.2, -0.15) is 26.3 Å². The highest BCUT2D eigenvalue weighted by molar-refractivity contribution is 5.79. The van der Waals surface area contributed by atoms with Crippen LogP contribution >= 0.6 is 0 Å². The maximum absolute atomic E-state index is 14.2. The van der Waals surface area contributed by atoms with Gasteiger partial charge in [0.05, 0.1) is 5.52 Å². The molecular formula is C11H9F7N4O. The normalized spacial score (nSPS) is 13.7. The lowest BCUT2D eigenvalue weighted by atomic mass is 9.98. The standard InChI is InChI=1S/C11H9F7N4O/c1-2-21-5-3-4-20-7(6(5)22(19)8(21)23)9(12,10(13,14)15)11(16,17)18/h3-4H,2,19H2,1H3. The molecule has 0 aliphatic heterocycles. The average Bonchev–Trinajstić information content (AvgIpc) is 2.67. The van der Waals surface area contributed by atoms with Crippen LogP contribution in [0.25, 0.3) is 11.0 Å². The monoisotopic (exact) mass is 346 g/mol. The van der Waals surface area contributed by atoms with Crippen molar-refractivity contribution in [3.05, 3.63) is 28.4 Å². The molecule has 2 aromatic heterocycles. The molecule has 128 valence electrons. The molecule has 2 rings (SSSR count). The highest BCUT2D eigenvalue weighted by Gasteiger charge is 2.75. The Kier molecular flexibility index (Phi) is 3.61. The van der Waals surface area contributed by atoms with Gasteiger partial charge in [0.2, 0.25) is 0 Å². The summed E-state index contributed by atoms with van der Waals surface area (Å²) >= 11 is 0. The van der Waals surface area contributed by atoms with Crippen LogP contribution in [0.3, 0.4) is 0 Å². The summed E-state index contributed by atoms with van der Waals surface area (Å²) in [6.45, 7) is 1.32. The molecule has 2 aromatic rings. The maximum Gasteiger partial charge on any atom is 0.437 e. The van der Waals surface area contributed by atoms with Crippen molar-refractivity contribution in [2.45, 2.75) is 31.5 Å². The van der Waals surface area contributed by atoms with Crippen LogP contribution in [0.1, 0.15) is 12.6 Å². The van der Waals surface area contributed by atoms with Crippen molar-refractivity contribution in [1.82, 2.24) is 14.2 Å². The summed E-state index contributed by atoms with van der Waals surface area (Å²) < 4.78 is 92.2. The maximum atomic E-state index is 14.2. The number of rotatable bonds is 2. The Bertz CT molecular complexity index is 788. The van der Waals surface area contributed by atoms with Gasteiger partial charge in [-0.15, -0.1) is 0 Å². The summed E-state index contributed by atoms with van der Waals surface area (Å²) in [7, 11) is 0.